The SMILES string of the molecule is CCCCCCCCCCCCCCCCCCCCC(=O)OC[C@H](COP(=O)(O)OC[C@@H](O)COP(=O)(O)OC[C@@H](COC(=O)CCCCCCC)OC(=O)CCCCCCCCCCCCC(C)CC)OC(=O)CCCCCCCCCCCCCCCCC(C)CC. The largest absolute Gasteiger partial charge is 0.472 e. The van der Waals surface area contributed by atoms with Gasteiger partial charge in [-0.2, -0.15) is 0 Å². The maximum atomic E-state index is 13.1. The Morgan fingerprint density at radius 2 is 0.505 bits per heavy atom. The third-order valence-corrected chi connectivity index (χ3v) is 20.3. The molecule has 0 aromatic rings. The van der Waals surface area contributed by atoms with Crippen LogP contribution in [-0.2, 0) is 65.4 Å². The van der Waals surface area contributed by atoms with Crippen LogP contribution in [0.2, 0.25) is 0 Å². The van der Waals surface area contributed by atoms with E-state index in [0.29, 0.717) is 25.7 Å². The molecule has 0 aromatic heterocycles. The Hall–Kier alpha value is -1.94. The molecule has 0 radical (unpaired) electrons. The van der Waals surface area contributed by atoms with Crippen molar-refractivity contribution in [3.63, 3.8) is 0 Å². The molecule has 95 heavy (non-hydrogen) atoms. The summed E-state index contributed by atoms with van der Waals surface area (Å²) in [5.41, 5.74) is 0. The summed E-state index contributed by atoms with van der Waals surface area (Å²) in [6, 6.07) is 0. The molecule has 3 N–H and O–H groups in total. The summed E-state index contributed by atoms with van der Waals surface area (Å²) in [6.07, 6.45) is 55.8. The molecular formula is C76H148O17P2. The molecule has 0 aliphatic rings. The number of rotatable bonds is 75. The second-order valence-electron chi connectivity index (χ2n) is 27.9. The first-order valence-electron chi connectivity index (χ1n) is 39.6. The summed E-state index contributed by atoms with van der Waals surface area (Å²) in [5.74, 6) is -0.477. The first kappa shape index (κ1) is 93.1. The van der Waals surface area contributed by atoms with E-state index in [1.165, 1.54) is 205 Å². The molecule has 0 heterocycles. The topological polar surface area (TPSA) is 237 Å². The van der Waals surface area contributed by atoms with Gasteiger partial charge in [0.15, 0.2) is 12.2 Å². The molecule has 0 aromatic carbocycles. The van der Waals surface area contributed by atoms with Crippen molar-refractivity contribution >= 4 is 39.5 Å². The lowest BCUT2D eigenvalue weighted by atomic mass is 9.99. The third-order valence-electron chi connectivity index (χ3n) is 18.4. The highest BCUT2D eigenvalue weighted by Gasteiger charge is 2.30. The van der Waals surface area contributed by atoms with Gasteiger partial charge in [-0.15, -0.1) is 0 Å². The molecule has 564 valence electrons. The fourth-order valence-electron chi connectivity index (χ4n) is 11.6. The van der Waals surface area contributed by atoms with Gasteiger partial charge in [0.05, 0.1) is 26.4 Å². The quantitative estimate of drug-likeness (QED) is 0.0222. The van der Waals surface area contributed by atoms with E-state index >= 15 is 0 Å². The van der Waals surface area contributed by atoms with Crippen molar-refractivity contribution in [3.05, 3.63) is 0 Å². The van der Waals surface area contributed by atoms with Crippen LogP contribution in [0.5, 0.6) is 0 Å². The molecule has 0 fully saturated rings. The van der Waals surface area contributed by atoms with Crippen molar-refractivity contribution in [3.8, 4) is 0 Å². The molecule has 0 aliphatic carbocycles. The number of aliphatic hydroxyl groups is 1. The number of hydrogen-bond acceptors (Lipinski definition) is 15. The highest BCUT2D eigenvalue weighted by molar-refractivity contribution is 7.47. The lowest BCUT2D eigenvalue weighted by Gasteiger charge is -2.21. The Morgan fingerprint density at radius 1 is 0.295 bits per heavy atom. The molecular weight excluding hydrogens is 1250 g/mol. The van der Waals surface area contributed by atoms with E-state index < -0.39 is 97.5 Å². The zero-order valence-corrected chi connectivity index (χ0v) is 63.8. The van der Waals surface area contributed by atoms with Crippen molar-refractivity contribution < 1.29 is 80.2 Å². The van der Waals surface area contributed by atoms with Gasteiger partial charge >= 0.3 is 39.5 Å². The van der Waals surface area contributed by atoms with Gasteiger partial charge in [0, 0.05) is 25.7 Å². The van der Waals surface area contributed by atoms with Crippen molar-refractivity contribution in [2.45, 2.75) is 413 Å². The second kappa shape index (κ2) is 67.9. The number of hydrogen-bond donors (Lipinski definition) is 3. The number of unbranched alkanes of at least 4 members (excludes halogenated alkanes) is 43. The summed E-state index contributed by atoms with van der Waals surface area (Å²) in [7, 11) is -9.90. The van der Waals surface area contributed by atoms with E-state index in [4.69, 9.17) is 37.0 Å². The molecule has 0 aliphatic heterocycles. The minimum absolute atomic E-state index is 0.105. The number of carbonyl (C=O) groups excluding carboxylic acids is 4. The minimum Gasteiger partial charge on any atom is -0.462 e. The van der Waals surface area contributed by atoms with Gasteiger partial charge < -0.3 is 33.8 Å². The van der Waals surface area contributed by atoms with Crippen molar-refractivity contribution in [1.29, 1.82) is 0 Å². The van der Waals surface area contributed by atoms with Crippen LogP contribution in [-0.4, -0.2) is 96.7 Å². The van der Waals surface area contributed by atoms with Crippen LogP contribution < -0.4 is 0 Å². The van der Waals surface area contributed by atoms with Gasteiger partial charge in [0.1, 0.15) is 19.3 Å². The number of phosphoric acid groups is 2. The van der Waals surface area contributed by atoms with Gasteiger partial charge in [0.25, 0.3) is 0 Å². The van der Waals surface area contributed by atoms with Crippen LogP contribution >= 0.6 is 15.6 Å². The Labute approximate surface area is 581 Å². The van der Waals surface area contributed by atoms with Crippen LogP contribution in [0.15, 0.2) is 0 Å². The van der Waals surface area contributed by atoms with E-state index in [9.17, 15) is 43.2 Å². The monoisotopic (exact) mass is 1400 g/mol. The molecule has 0 amide bonds. The van der Waals surface area contributed by atoms with Crippen LogP contribution in [0.3, 0.4) is 0 Å². The van der Waals surface area contributed by atoms with Gasteiger partial charge in [-0.25, -0.2) is 9.13 Å². The molecule has 4 unspecified atom stereocenters. The fraction of sp³-hybridized carbons (Fsp3) is 0.947. The van der Waals surface area contributed by atoms with E-state index in [1.807, 2.05) is 0 Å². The van der Waals surface area contributed by atoms with Gasteiger partial charge in [-0.05, 0) is 37.5 Å². The highest BCUT2D eigenvalue weighted by Crippen LogP contribution is 2.45. The van der Waals surface area contributed by atoms with Crippen molar-refractivity contribution in [2.24, 2.45) is 11.8 Å². The lowest BCUT2D eigenvalue weighted by Crippen LogP contribution is -2.30. The van der Waals surface area contributed by atoms with Crippen LogP contribution in [0.1, 0.15) is 395 Å². The number of esters is 4. The number of aliphatic hydroxyl groups excluding tert-OH is 1. The summed E-state index contributed by atoms with van der Waals surface area (Å²) < 4.78 is 68.3. The van der Waals surface area contributed by atoms with Crippen LogP contribution in [0.4, 0.5) is 0 Å². The lowest BCUT2D eigenvalue weighted by molar-refractivity contribution is -0.161. The van der Waals surface area contributed by atoms with E-state index in [2.05, 4.69) is 41.5 Å². The smallest absolute Gasteiger partial charge is 0.462 e. The van der Waals surface area contributed by atoms with Gasteiger partial charge in [0.2, 0.25) is 0 Å². The summed E-state index contributed by atoms with van der Waals surface area (Å²) in [6.45, 7) is 9.59. The third kappa shape index (κ3) is 67.6. The van der Waals surface area contributed by atoms with E-state index in [-0.39, 0.29) is 25.7 Å². The standard InChI is InChI=1S/C76H148O17P2/c1-7-11-13-15-16-17-18-19-20-21-22-23-27-30-36-41-47-53-59-74(79)87-65-72(93-76(81)60-54-48-42-37-31-28-25-24-26-29-34-39-45-50-56-68(5)9-3)67-91-95(84,85)89-63-70(77)62-88-94(82,83)90-66-71(64-86-73(78)58-52-44-14-12-8-2)92-75(80)61-55-49-43-38-33-32-35-40-46-51-57-69(6)10-4/h68-72,77H,7-67H2,1-6H3,(H,82,83)(H,84,85)/t68?,69?,70-,71+,72+/m0/s1. The maximum Gasteiger partial charge on any atom is 0.472 e. The molecule has 0 spiro atoms. The molecule has 0 bridgehead atoms. The predicted octanol–water partition coefficient (Wildman–Crippen LogP) is 22.3. The molecule has 7 atom stereocenters. The molecule has 17 nitrogen and oxygen atoms in total. The zero-order chi connectivity index (χ0) is 70.0. The fourth-order valence-corrected chi connectivity index (χ4v) is 13.2. The Balaban J connectivity index is 5.15. The van der Waals surface area contributed by atoms with Crippen LogP contribution in [0.25, 0.3) is 0 Å². The Kier molecular flexibility index (Phi) is 66.5. The number of phosphoric ester groups is 2. The first-order valence-corrected chi connectivity index (χ1v) is 42.6. The summed E-state index contributed by atoms with van der Waals surface area (Å²) >= 11 is 0. The van der Waals surface area contributed by atoms with Gasteiger partial charge in [-0.3, -0.25) is 37.3 Å². The average Bonchev–Trinajstić information content (AvgIpc) is 2.51. The van der Waals surface area contributed by atoms with E-state index in [0.717, 1.165) is 108 Å². The molecule has 19 heteroatoms. The number of carbonyl (C=O) groups is 4. The second-order valence-corrected chi connectivity index (χ2v) is 30.8. The summed E-state index contributed by atoms with van der Waals surface area (Å²) in [5, 5.41) is 10.6. The Morgan fingerprint density at radius 3 is 0.747 bits per heavy atom. The molecule has 0 saturated carbocycles. The predicted molar refractivity (Wildman–Crippen MR) is 386 cm³/mol. The minimum atomic E-state index is -4.96. The van der Waals surface area contributed by atoms with Gasteiger partial charge in [-0.1, -0.05) is 343 Å². The molecule has 0 rings (SSSR count). The maximum absolute atomic E-state index is 13.1. The first-order chi connectivity index (χ1) is 45.9. The summed E-state index contributed by atoms with van der Waals surface area (Å²) in [4.78, 5) is 72.5. The van der Waals surface area contributed by atoms with E-state index in [1.54, 1.807) is 0 Å². The Bertz CT molecular complexity index is 1840. The van der Waals surface area contributed by atoms with Crippen molar-refractivity contribution in [2.75, 3.05) is 39.6 Å². The van der Waals surface area contributed by atoms with Crippen LogP contribution in [0, 0.1) is 11.8 Å². The number of ether oxygens (including phenoxy) is 4. The zero-order valence-electron chi connectivity index (χ0n) is 62.0. The highest BCUT2D eigenvalue weighted by atomic mass is 31.2. The van der Waals surface area contributed by atoms with Crippen molar-refractivity contribution in [1.82, 2.24) is 0 Å². The average molecular weight is 1400 g/mol. The normalized spacial score (nSPS) is 14.6. The molecule has 0 saturated heterocycles.